The number of aryl methyl sites for hydroxylation is 1. The summed E-state index contributed by atoms with van der Waals surface area (Å²) in [7, 11) is 0. The Hall–Kier alpha value is -1.80. The van der Waals surface area contributed by atoms with E-state index in [2.05, 4.69) is 12.1 Å². The van der Waals surface area contributed by atoms with Crippen molar-refractivity contribution in [1.29, 1.82) is 0 Å². The first-order chi connectivity index (χ1) is 9.74. The van der Waals surface area contributed by atoms with Gasteiger partial charge in [0.2, 0.25) is 0 Å². The van der Waals surface area contributed by atoms with Crippen LogP contribution >= 0.6 is 0 Å². The van der Waals surface area contributed by atoms with E-state index in [4.69, 9.17) is 4.74 Å². The average Bonchev–Trinajstić information content (AvgIpc) is 3.30. The van der Waals surface area contributed by atoms with E-state index in [0.717, 1.165) is 35.3 Å². The summed E-state index contributed by atoms with van der Waals surface area (Å²) in [5.41, 5.74) is 3.31. The third-order valence-electron chi connectivity index (χ3n) is 3.88. The number of aliphatic hydroxyl groups is 1. The smallest absolute Gasteiger partial charge is 0.120 e. The average molecular weight is 268 g/mol. The van der Waals surface area contributed by atoms with Gasteiger partial charge in [-0.05, 0) is 54.5 Å². The van der Waals surface area contributed by atoms with Crippen LogP contribution in [0.5, 0.6) is 5.75 Å². The van der Waals surface area contributed by atoms with E-state index in [-0.39, 0.29) is 6.10 Å². The summed E-state index contributed by atoms with van der Waals surface area (Å²) in [4.78, 5) is 0. The molecule has 0 bridgehead atoms. The molecule has 1 unspecified atom stereocenters. The molecule has 0 aromatic heterocycles. The Labute approximate surface area is 120 Å². The SMILES string of the molecule is Cc1cc(OCc2ccccc2)ccc1C(O)C1CC1. The lowest BCUT2D eigenvalue weighted by Gasteiger charge is -2.14. The maximum Gasteiger partial charge on any atom is 0.120 e. The normalized spacial score (nSPS) is 15.9. The molecule has 0 spiro atoms. The molecule has 0 heterocycles. The number of ether oxygens (including phenoxy) is 1. The molecule has 20 heavy (non-hydrogen) atoms. The minimum Gasteiger partial charge on any atom is -0.489 e. The lowest BCUT2D eigenvalue weighted by Crippen LogP contribution is -2.03. The van der Waals surface area contributed by atoms with Crippen LogP contribution in [-0.4, -0.2) is 5.11 Å². The van der Waals surface area contributed by atoms with Crippen LogP contribution in [0, 0.1) is 12.8 Å². The largest absolute Gasteiger partial charge is 0.489 e. The van der Waals surface area contributed by atoms with Gasteiger partial charge < -0.3 is 9.84 Å². The summed E-state index contributed by atoms with van der Waals surface area (Å²) in [5, 5.41) is 10.2. The van der Waals surface area contributed by atoms with Gasteiger partial charge in [-0.15, -0.1) is 0 Å². The number of hydrogen-bond acceptors (Lipinski definition) is 2. The molecule has 2 aromatic rings. The van der Waals surface area contributed by atoms with Crippen molar-refractivity contribution >= 4 is 0 Å². The van der Waals surface area contributed by atoms with Crippen molar-refractivity contribution in [3.05, 3.63) is 65.2 Å². The molecule has 2 aromatic carbocycles. The van der Waals surface area contributed by atoms with Crippen molar-refractivity contribution in [3.63, 3.8) is 0 Å². The summed E-state index contributed by atoms with van der Waals surface area (Å²) in [6, 6.07) is 16.1. The summed E-state index contributed by atoms with van der Waals surface area (Å²) in [6.45, 7) is 2.61. The molecule has 1 atom stereocenters. The highest BCUT2D eigenvalue weighted by Crippen LogP contribution is 2.42. The molecule has 1 aliphatic rings. The zero-order valence-electron chi connectivity index (χ0n) is 11.8. The van der Waals surface area contributed by atoms with E-state index >= 15 is 0 Å². The fourth-order valence-corrected chi connectivity index (χ4v) is 2.48. The van der Waals surface area contributed by atoms with Gasteiger partial charge in [-0.25, -0.2) is 0 Å². The molecule has 2 heteroatoms. The van der Waals surface area contributed by atoms with Crippen molar-refractivity contribution in [2.75, 3.05) is 0 Å². The second-order valence-electron chi connectivity index (χ2n) is 5.57. The van der Waals surface area contributed by atoms with Crippen molar-refractivity contribution in [1.82, 2.24) is 0 Å². The standard InChI is InChI=1S/C18H20O2/c1-13-11-16(20-12-14-5-3-2-4-6-14)9-10-17(13)18(19)15-7-8-15/h2-6,9-11,15,18-19H,7-8,12H2,1H3. The minimum atomic E-state index is -0.307. The quantitative estimate of drug-likeness (QED) is 0.887. The van der Waals surface area contributed by atoms with Crippen LogP contribution in [0.2, 0.25) is 0 Å². The van der Waals surface area contributed by atoms with Gasteiger partial charge in [0.15, 0.2) is 0 Å². The van der Waals surface area contributed by atoms with Gasteiger partial charge in [-0.1, -0.05) is 36.4 Å². The Bertz CT molecular complexity index is 573. The van der Waals surface area contributed by atoms with E-state index in [1.54, 1.807) is 0 Å². The molecule has 2 nitrogen and oxygen atoms in total. The molecular formula is C18H20O2. The van der Waals surface area contributed by atoms with Crippen LogP contribution < -0.4 is 4.74 Å². The van der Waals surface area contributed by atoms with Crippen molar-refractivity contribution in [2.24, 2.45) is 5.92 Å². The Balaban J connectivity index is 1.67. The molecule has 1 fully saturated rings. The predicted molar refractivity (Wildman–Crippen MR) is 79.6 cm³/mol. The molecule has 1 N–H and O–H groups in total. The van der Waals surface area contributed by atoms with Crippen LogP contribution in [0.3, 0.4) is 0 Å². The highest BCUT2D eigenvalue weighted by atomic mass is 16.5. The summed E-state index contributed by atoms with van der Waals surface area (Å²) < 4.78 is 5.80. The lowest BCUT2D eigenvalue weighted by atomic mass is 10.00. The number of benzene rings is 2. The Morgan fingerprint density at radius 1 is 1.15 bits per heavy atom. The number of aliphatic hydroxyl groups excluding tert-OH is 1. The van der Waals surface area contributed by atoms with Gasteiger partial charge in [0.05, 0.1) is 6.10 Å². The van der Waals surface area contributed by atoms with Gasteiger partial charge in [-0.3, -0.25) is 0 Å². The summed E-state index contributed by atoms with van der Waals surface area (Å²) in [6.07, 6.45) is 1.98. The summed E-state index contributed by atoms with van der Waals surface area (Å²) in [5.74, 6) is 1.32. The first kappa shape index (κ1) is 13.2. The van der Waals surface area contributed by atoms with Crippen LogP contribution in [-0.2, 0) is 6.61 Å². The predicted octanol–water partition coefficient (Wildman–Crippen LogP) is 4.02. The molecule has 0 radical (unpaired) electrons. The van der Waals surface area contributed by atoms with E-state index in [1.807, 2.05) is 43.3 Å². The molecule has 3 rings (SSSR count). The zero-order valence-corrected chi connectivity index (χ0v) is 11.8. The Morgan fingerprint density at radius 3 is 2.55 bits per heavy atom. The second-order valence-corrected chi connectivity index (χ2v) is 5.57. The van der Waals surface area contributed by atoms with Crippen LogP contribution in [0.4, 0.5) is 0 Å². The number of rotatable bonds is 5. The molecule has 104 valence electrons. The van der Waals surface area contributed by atoms with Gasteiger partial charge in [0.25, 0.3) is 0 Å². The lowest BCUT2D eigenvalue weighted by molar-refractivity contribution is 0.153. The third kappa shape index (κ3) is 3.02. The van der Waals surface area contributed by atoms with E-state index in [0.29, 0.717) is 12.5 Å². The van der Waals surface area contributed by atoms with Gasteiger partial charge in [0, 0.05) is 0 Å². The van der Waals surface area contributed by atoms with Crippen molar-refractivity contribution in [2.45, 2.75) is 32.5 Å². The molecule has 0 saturated heterocycles. The molecule has 1 saturated carbocycles. The van der Waals surface area contributed by atoms with Crippen molar-refractivity contribution in [3.8, 4) is 5.75 Å². The molecular weight excluding hydrogens is 248 g/mol. The third-order valence-corrected chi connectivity index (χ3v) is 3.88. The minimum absolute atomic E-state index is 0.307. The van der Waals surface area contributed by atoms with E-state index in [9.17, 15) is 5.11 Å². The maximum atomic E-state index is 10.2. The fraction of sp³-hybridized carbons (Fsp3) is 0.333. The fourth-order valence-electron chi connectivity index (χ4n) is 2.48. The zero-order chi connectivity index (χ0) is 13.9. The molecule has 0 amide bonds. The topological polar surface area (TPSA) is 29.5 Å². The summed E-state index contributed by atoms with van der Waals surface area (Å²) >= 11 is 0. The van der Waals surface area contributed by atoms with Crippen LogP contribution in [0.25, 0.3) is 0 Å². The van der Waals surface area contributed by atoms with E-state index < -0.39 is 0 Å². The highest BCUT2D eigenvalue weighted by molar-refractivity contribution is 5.37. The first-order valence-electron chi connectivity index (χ1n) is 7.19. The first-order valence-corrected chi connectivity index (χ1v) is 7.19. The van der Waals surface area contributed by atoms with Gasteiger partial charge in [-0.2, -0.15) is 0 Å². The van der Waals surface area contributed by atoms with Crippen LogP contribution in [0.15, 0.2) is 48.5 Å². The van der Waals surface area contributed by atoms with Gasteiger partial charge in [0.1, 0.15) is 12.4 Å². The van der Waals surface area contributed by atoms with Crippen LogP contribution in [0.1, 0.15) is 35.6 Å². The van der Waals surface area contributed by atoms with Crippen molar-refractivity contribution < 1.29 is 9.84 Å². The number of hydrogen-bond donors (Lipinski definition) is 1. The Kier molecular flexibility index (Phi) is 3.75. The maximum absolute atomic E-state index is 10.2. The van der Waals surface area contributed by atoms with E-state index in [1.165, 1.54) is 0 Å². The highest BCUT2D eigenvalue weighted by Gasteiger charge is 2.31. The second kappa shape index (κ2) is 5.68. The molecule has 1 aliphatic carbocycles. The molecule has 0 aliphatic heterocycles. The Morgan fingerprint density at radius 2 is 1.90 bits per heavy atom. The monoisotopic (exact) mass is 268 g/mol. The van der Waals surface area contributed by atoms with Gasteiger partial charge >= 0.3 is 0 Å².